The maximum absolute atomic E-state index is 12.2. The third-order valence-electron chi connectivity index (χ3n) is 4.36. The molecule has 1 aromatic carbocycles. The Balaban J connectivity index is 1.87. The van der Waals surface area contributed by atoms with Gasteiger partial charge in [0.25, 0.3) is 10.0 Å². The highest BCUT2D eigenvalue weighted by molar-refractivity contribution is 7.94. The lowest BCUT2D eigenvalue weighted by Crippen LogP contribution is -2.42. The van der Waals surface area contributed by atoms with Gasteiger partial charge >= 0.3 is 0 Å². The zero-order valence-corrected chi connectivity index (χ0v) is 17.6. The van der Waals surface area contributed by atoms with Crippen molar-refractivity contribution in [2.75, 3.05) is 24.4 Å². The van der Waals surface area contributed by atoms with Crippen molar-refractivity contribution in [3.8, 4) is 0 Å². The quantitative estimate of drug-likeness (QED) is 0.632. The Morgan fingerprint density at radius 3 is 2.37 bits per heavy atom. The number of likely N-dealkylation sites (N-methyl/N-ethyl adjacent to an activating group) is 1. The zero-order valence-electron chi connectivity index (χ0n) is 15.9. The molecule has 1 unspecified atom stereocenters. The van der Waals surface area contributed by atoms with E-state index in [-0.39, 0.29) is 22.6 Å². The summed E-state index contributed by atoms with van der Waals surface area (Å²) in [4.78, 5) is 14.4. The summed E-state index contributed by atoms with van der Waals surface area (Å²) in [7, 11) is -3.55. The second kappa shape index (κ2) is 9.87. The fourth-order valence-electron chi connectivity index (χ4n) is 2.80. The lowest BCUT2D eigenvalue weighted by Gasteiger charge is -2.26. The topological polar surface area (TPSA) is 78.5 Å². The van der Waals surface area contributed by atoms with E-state index in [0.717, 1.165) is 18.7 Å². The zero-order chi connectivity index (χ0) is 19.9. The van der Waals surface area contributed by atoms with Crippen molar-refractivity contribution in [1.29, 1.82) is 0 Å². The van der Waals surface area contributed by atoms with Crippen molar-refractivity contribution < 1.29 is 13.2 Å². The maximum Gasteiger partial charge on any atom is 0.271 e. The molecule has 148 valence electrons. The fraction of sp³-hybridized carbons (Fsp3) is 0.421. The van der Waals surface area contributed by atoms with E-state index in [0.29, 0.717) is 12.2 Å². The Bertz CT molecular complexity index is 814. The highest BCUT2D eigenvalue weighted by Crippen LogP contribution is 2.20. The Labute approximate surface area is 165 Å². The predicted octanol–water partition coefficient (Wildman–Crippen LogP) is 2.94. The average Bonchev–Trinajstić information content (AvgIpc) is 3.18. The standard InChI is InChI=1S/C19H27N3O3S2/c1-4-22(5-2)15(3)14-20-18(23)13-16-8-10-17(11-9-16)21-27(24,25)19-7-6-12-26-19/h6-12,15,21H,4-5,13-14H2,1-3H3,(H,20,23). The summed E-state index contributed by atoms with van der Waals surface area (Å²) in [5.41, 5.74) is 1.31. The molecule has 2 aromatic rings. The van der Waals surface area contributed by atoms with E-state index in [9.17, 15) is 13.2 Å². The number of rotatable bonds is 10. The molecular weight excluding hydrogens is 382 g/mol. The Hall–Kier alpha value is -1.90. The van der Waals surface area contributed by atoms with Gasteiger partial charge in [0.1, 0.15) is 4.21 Å². The molecule has 0 bridgehead atoms. The van der Waals surface area contributed by atoms with Crippen molar-refractivity contribution in [3.63, 3.8) is 0 Å². The van der Waals surface area contributed by atoms with Crippen molar-refractivity contribution in [1.82, 2.24) is 10.2 Å². The van der Waals surface area contributed by atoms with Crippen LogP contribution in [-0.2, 0) is 21.2 Å². The molecule has 0 aliphatic heterocycles. The van der Waals surface area contributed by atoms with Gasteiger partial charge in [-0.3, -0.25) is 14.4 Å². The summed E-state index contributed by atoms with van der Waals surface area (Å²) in [6.07, 6.45) is 0.267. The number of benzene rings is 1. The number of nitrogens with one attached hydrogen (secondary N) is 2. The molecule has 0 saturated heterocycles. The van der Waals surface area contributed by atoms with Gasteiger partial charge in [0.05, 0.1) is 6.42 Å². The van der Waals surface area contributed by atoms with Gasteiger partial charge in [-0.1, -0.05) is 32.0 Å². The number of amides is 1. The first kappa shape index (κ1) is 21.4. The smallest absolute Gasteiger partial charge is 0.271 e. The summed E-state index contributed by atoms with van der Waals surface area (Å²) >= 11 is 1.17. The summed E-state index contributed by atoms with van der Waals surface area (Å²) in [6, 6.07) is 10.4. The van der Waals surface area contributed by atoms with Crippen LogP contribution in [0, 0.1) is 0 Å². The largest absolute Gasteiger partial charge is 0.354 e. The van der Waals surface area contributed by atoms with Crippen molar-refractivity contribution >= 4 is 33.0 Å². The molecule has 1 aromatic heterocycles. The molecule has 2 N–H and O–H groups in total. The third kappa shape index (κ3) is 6.34. The summed E-state index contributed by atoms with van der Waals surface area (Å²) in [5.74, 6) is -0.0408. The van der Waals surface area contributed by atoms with Crippen molar-refractivity contribution in [2.45, 2.75) is 37.4 Å². The Morgan fingerprint density at radius 2 is 1.81 bits per heavy atom. The van der Waals surface area contributed by atoms with Crippen LogP contribution in [0.1, 0.15) is 26.3 Å². The number of nitrogens with zero attached hydrogens (tertiary/aromatic N) is 1. The highest BCUT2D eigenvalue weighted by Gasteiger charge is 2.15. The van der Waals surface area contributed by atoms with E-state index >= 15 is 0 Å². The maximum atomic E-state index is 12.2. The molecular formula is C19H27N3O3S2. The molecule has 6 nitrogen and oxygen atoms in total. The van der Waals surface area contributed by atoms with Crippen molar-refractivity contribution in [3.05, 3.63) is 47.3 Å². The Morgan fingerprint density at radius 1 is 1.15 bits per heavy atom. The fourth-order valence-corrected chi connectivity index (χ4v) is 4.85. The molecule has 1 atom stereocenters. The number of carbonyl (C=O) groups excluding carboxylic acids is 1. The van der Waals surface area contributed by atoms with Gasteiger partial charge < -0.3 is 5.32 Å². The minimum absolute atomic E-state index is 0.0408. The Kier molecular flexibility index (Phi) is 7.82. The van der Waals surface area contributed by atoms with Gasteiger partial charge in [0.15, 0.2) is 0 Å². The van der Waals surface area contributed by atoms with Crippen LogP contribution in [0.15, 0.2) is 46.0 Å². The van der Waals surface area contributed by atoms with E-state index in [2.05, 4.69) is 35.7 Å². The first-order chi connectivity index (χ1) is 12.9. The van der Waals surface area contributed by atoms with Crippen LogP contribution in [0.4, 0.5) is 5.69 Å². The van der Waals surface area contributed by atoms with E-state index in [1.165, 1.54) is 11.3 Å². The highest BCUT2D eigenvalue weighted by atomic mass is 32.2. The molecule has 0 fully saturated rings. The van der Waals surface area contributed by atoms with Crippen LogP contribution in [0.25, 0.3) is 0 Å². The van der Waals surface area contributed by atoms with E-state index in [4.69, 9.17) is 0 Å². The van der Waals surface area contributed by atoms with Gasteiger partial charge in [0, 0.05) is 18.3 Å². The monoisotopic (exact) mass is 409 g/mol. The number of anilines is 1. The predicted molar refractivity (Wildman–Crippen MR) is 111 cm³/mol. The van der Waals surface area contributed by atoms with E-state index < -0.39 is 10.0 Å². The summed E-state index contributed by atoms with van der Waals surface area (Å²) in [6.45, 7) is 8.83. The molecule has 0 aliphatic carbocycles. The lowest BCUT2D eigenvalue weighted by molar-refractivity contribution is -0.120. The molecule has 27 heavy (non-hydrogen) atoms. The molecule has 0 radical (unpaired) electrons. The number of carbonyl (C=O) groups is 1. The molecule has 0 aliphatic rings. The normalized spacial score (nSPS) is 12.7. The van der Waals surface area contributed by atoms with Crippen LogP contribution < -0.4 is 10.0 Å². The summed E-state index contributed by atoms with van der Waals surface area (Å²) < 4.78 is 27.2. The molecule has 8 heteroatoms. The second-order valence-corrected chi connectivity index (χ2v) is 9.14. The average molecular weight is 410 g/mol. The van der Waals surface area contributed by atoms with Gasteiger partial charge in [-0.05, 0) is 49.2 Å². The van der Waals surface area contributed by atoms with Gasteiger partial charge in [-0.2, -0.15) is 0 Å². The second-order valence-electron chi connectivity index (χ2n) is 6.29. The molecule has 1 heterocycles. The van der Waals surface area contributed by atoms with Gasteiger partial charge in [-0.25, -0.2) is 8.42 Å². The van der Waals surface area contributed by atoms with Gasteiger partial charge in [-0.15, -0.1) is 11.3 Å². The third-order valence-corrected chi connectivity index (χ3v) is 7.14. The van der Waals surface area contributed by atoms with Crippen LogP contribution >= 0.6 is 11.3 Å². The van der Waals surface area contributed by atoms with Crippen LogP contribution in [0.5, 0.6) is 0 Å². The SMILES string of the molecule is CCN(CC)C(C)CNC(=O)Cc1ccc(NS(=O)(=O)c2cccs2)cc1. The molecule has 1 amide bonds. The minimum atomic E-state index is -3.55. The first-order valence-electron chi connectivity index (χ1n) is 9.01. The lowest BCUT2D eigenvalue weighted by atomic mass is 10.1. The van der Waals surface area contributed by atoms with Crippen LogP contribution in [-0.4, -0.2) is 44.9 Å². The summed E-state index contributed by atoms with van der Waals surface area (Å²) in [5, 5.41) is 4.68. The van der Waals surface area contributed by atoms with Gasteiger partial charge in [0.2, 0.25) is 5.91 Å². The number of hydrogen-bond donors (Lipinski definition) is 2. The number of sulfonamides is 1. The van der Waals surface area contributed by atoms with Crippen molar-refractivity contribution in [2.24, 2.45) is 0 Å². The minimum Gasteiger partial charge on any atom is -0.354 e. The number of hydrogen-bond acceptors (Lipinski definition) is 5. The van der Waals surface area contributed by atoms with E-state index in [1.54, 1.807) is 41.8 Å². The number of thiophene rings is 1. The van der Waals surface area contributed by atoms with Crippen LogP contribution in [0.3, 0.4) is 0 Å². The molecule has 0 saturated carbocycles. The molecule has 2 rings (SSSR count). The van der Waals surface area contributed by atoms with Crippen LogP contribution in [0.2, 0.25) is 0 Å². The molecule has 0 spiro atoms. The van der Waals surface area contributed by atoms with E-state index in [1.807, 2.05) is 0 Å². The first-order valence-corrected chi connectivity index (χ1v) is 11.4.